The summed E-state index contributed by atoms with van der Waals surface area (Å²) in [6, 6.07) is 1.97. The molecule has 2 aromatic rings. The highest BCUT2D eigenvalue weighted by molar-refractivity contribution is 7.80. The summed E-state index contributed by atoms with van der Waals surface area (Å²) in [5, 5.41) is 6.47. The van der Waals surface area contributed by atoms with Gasteiger partial charge in [-0.3, -0.25) is 4.98 Å². The van der Waals surface area contributed by atoms with Crippen molar-refractivity contribution in [3.8, 4) is 0 Å². The van der Waals surface area contributed by atoms with E-state index in [1.54, 1.807) is 17.5 Å². The van der Waals surface area contributed by atoms with Crippen molar-refractivity contribution >= 4 is 34.2 Å². The Kier molecular flexibility index (Phi) is 4.06. The number of anilines is 1. The van der Waals surface area contributed by atoms with Crippen molar-refractivity contribution in [2.24, 2.45) is 5.73 Å². The van der Waals surface area contributed by atoms with Crippen LogP contribution in [0.25, 0.3) is 0 Å². The highest BCUT2D eigenvalue weighted by Crippen LogP contribution is 2.30. The van der Waals surface area contributed by atoms with Crippen LogP contribution in [0.2, 0.25) is 0 Å². The average molecular weight is 306 g/mol. The zero-order chi connectivity index (χ0) is 14.9. The van der Waals surface area contributed by atoms with Crippen molar-refractivity contribution in [1.82, 2.24) is 9.97 Å². The van der Waals surface area contributed by atoms with Gasteiger partial charge in [0.1, 0.15) is 10.00 Å². The lowest BCUT2D eigenvalue weighted by Gasteiger charge is -2.27. The van der Waals surface area contributed by atoms with E-state index in [2.05, 4.69) is 29.1 Å². The number of aryl methyl sites for hydroxylation is 2. The molecule has 0 atom stereocenters. The van der Waals surface area contributed by atoms with Crippen LogP contribution < -0.4 is 11.1 Å². The van der Waals surface area contributed by atoms with Crippen molar-refractivity contribution in [3.63, 3.8) is 0 Å². The molecule has 2 rings (SSSR count). The van der Waals surface area contributed by atoms with E-state index in [1.807, 2.05) is 25.3 Å². The first-order chi connectivity index (χ1) is 9.31. The predicted octanol–water partition coefficient (Wildman–Crippen LogP) is 3.14. The Labute approximate surface area is 128 Å². The van der Waals surface area contributed by atoms with Gasteiger partial charge >= 0.3 is 0 Å². The van der Waals surface area contributed by atoms with Crippen LogP contribution in [0.15, 0.2) is 17.6 Å². The largest absolute Gasteiger partial charge is 0.389 e. The minimum atomic E-state index is -0.298. The van der Waals surface area contributed by atoms with Crippen LogP contribution in [0.4, 0.5) is 5.69 Å². The monoisotopic (exact) mass is 306 g/mol. The molecule has 0 amide bonds. The molecule has 2 heterocycles. The fraction of sp³-hybridized carbons (Fsp3) is 0.357. The lowest BCUT2D eigenvalue weighted by molar-refractivity contribution is 0.604. The van der Waals surface area contributed by atoms with E-state index in [9.17, 15) is 0 Å². The van der Waals surface area contributed by atoms with Crippen molar-refractivity contribution in [3.05, 3.63) is 39.6 Å². The number of nitrogens with zero attached hydrogens (tertiary/aromatic N) is 2. The van der Waals surface area contributed by atoms with E-state index >= 15 is 0 Å². The van der Waals surface area contributed by atoms with Gasteiger partial charge in [-0.1, -0.05) is 12.2 Å². The molecule has 0 aromatic carbocycles. The average Bonchev–Trinajstić information content (AvgIpc) is 2.79. The fourth-order valence-electron chi connectivity index (χ4n) is 2.16. The lowest BCUT2D eigenvalue weighted by atomic mass is 10.0. The lowest BCUT2D eigenvalue weighted by Crippen LogP contribution is -2.29. The van der Waals surface area contributed by atoms with Crippen LogP contribution in [-0.4, -0.2) is 15.0 Å². The van der Waals surface area contributed by atoms with Crippen LogP contribution in [0.3, 0.4) is 0 Å². The number of nitrogens with one attached hydrogen (secondary N) is 1. The number of rotatable bonds is 4. The zero-order valence-electron chi connectivity index (χ0n) is 12.0. The van der Waals surface area contributed by atoms with Crippen molar-refractivity contribution in [2.75, 3.05) is 5.32 Å². The minimum absolute atomic E-state index is 0.298. The van der Waals surface area contributed by atoms with E-state index in [1.165, 1.54) is 0 Å². The van der Waals surface area contributed by atoms with Gasteiger partial charge in [-0.2, -0.15) is 0 Å². The van der Waals surface area contributed by atoms with E-state index in [0.717, 1.165) is 27.6 Å². The molecular weight excluding hydrogens is 288 g/mol. The van der Waals surface area contributed by atoms with Gasteiger partial charge in [-0.15, -0.1) is 11.3 Å². The van der Waals surface area contributed by atoms with E-state index in [4.69, 9.17) is 18.0 Å². The molecule has 106 valence electrons. The maximum atomic E-state index is 5.84. The second kappa shape index (κ2) is 5.46. The maximum Gasteiger partial charge on any atom is 0.117 e. The molecule has 0 bridgehead atoms. The Morgan fingerprint density at radius 1 is 1.40 bits per heavy atom. The molecule has 3 N–H and O–H groups in total. The molecular formula is C14H18N4S2. The highest BCUT2D eigenvalue weighted by atomic mass is 32.1. The zero-order valence-corrected chi connectivity index (χ0v) is 13.7. The second-order valence-electron chi connectivity index (χ2n) is 5.22. The summed E-state index contributed by atoms with van der Waals surface area (Å²) in [5.41, 5.74) is 9.02. The summed E-state index contributed by atoms with van der Waals surface area (Å²) in [6.45, 7) is 8.04. The van der Waals surface area contributed by atoms with Gasteiger partial charge in [0.25, 0.3) is 0 Å². The fourth-order valence-corrected chi connectivity index (χ4v) is 3.14. The van der Waals surface area contributed by atoms with Crippen LogP contribution in [0.5, 0.6) is 0 Å². The van der Waals surface area contributed by atoms with Crippen LogP contribution in [0.1, 0.15) is 35.8 Å². The summed E-state index contributed by atoms with van der Waals surface area (Å²) in [4.78, 5) is 9.16. The standard InChI is InChI=1S/C14H18N4S2/c1-8-7-10(11(12(15)19)9(2)17-8)18-14(3,4)13-16-5-6-20-13/h5-7H,1-4H3,(H2,15,19)(H,17,18). The van der Waals surface area contributed by atoms with Gasteiger partial charge in [0.2, 0.25) is 0 Å². The van der Waals surface area contributed by atoms with Gasteiger partial charge in [0.05, 0.1) is 11.1 Å². The number of aromatic nitrogens is 2. The summed E-state index contributed by atoms with van der Waals surface area (Å²) in [6.07, 6.45) is 1.81. The van der Waals surface area contributed by atoms with E-state index in [0.29, 0.717) is 4.99 Å². The summed E-state index contributed by atoms with van der Waals surface area (Å²) in [5.74, 6) is 0. The first kappa shape index (κ1) is 14.9. The Morgan fingerprint density at radius 2 is 2.10 bits per heavy atom. The van der Waals surface area contributed by atoms with Crippen molar-refractivity contribution < 1.29 is 0 Å². The van der Waals surface area contributed by atoms with E-state index < -0.39 is 0 Å². The number of hydrogen-bond acceptors (Lipinski definition) is 5. The molecule has 0 aliphatic rings. The molecule has 2 aromatic heterocycles. The van der Waals surface area contributed by atoms with E-state index in [-0.39, 0.29) is 5.54 Å². The Bertz CT molecular complexity index is 633. The molecule has 0 unspecified atom stereocenters. The number of thiocarbonyl (C=S) groups is 1. The smallest absolute Gasteiger partial charge is 0.117 e. The first-order valence-corrected chi connectivity index (χ1v) is 7.56. The Morgan fingerprint density at radius 3 is 2.65 bits per heavy atom. The molecule has 0 fully saturated rings. The maximum absolute atomic E-state index is 5.84. The summed E-state index contributed by atoms with van der Waals surface area (Å²) in [7, 11) is 0. The van der Waals surface area contributed by atoms with Crippen LogP contribution >= 0.6 is 23.6 Å². The molecule has 0 aliphatic heterocycles. The quantitative estimate of drug-likeness (QED) is 0.850. The molecule has 6 heteroatoms. The Hall–Kier alpha value is -1.53. The molecule has 0 radical (unpaired) electrons. The first-order valence-electron chi connectivity index (χ1n) is 6.27. The number of hydrogen-bond donors (Lipinski definition) is 2. The normalized spacial score (nSPS) is 11.4. The topological polar surface area (TPSA) is 63.8 Å². The van der Waals surface area contributed by atoms with Gasteiger partial charge in [-0.05, 0) is 33.8 Å². The van der Waals surface area contributed by atoms with Crippen LogP contribution in [0, 0.1) is 13.8 Å². The van der Waals surface area contributed by atoms with Crippen molar-refractivity contribution in [1.29, 1.82) is 0 Å². The summed E-state index contributed by atoms with van der Waals surface area (Å²) < 4.78 is 0. The highest BCUT2D eigenvalue weighted by Gasteiger charge is 2.25. The van der Waals surface area contributed by atoms with Crippen molar-refractivity contribution in [2.45, 2.75) is 33.2 Å². The van der Waals surface area contributed by atoms with Gasteiger partial charge < -0.3 is 11.1 Å². The Balaban J connectivity index is 2.46. The number of pyridine rings is 1. The third kappa shape index (κ3) is 2.96. The molecule has 0 spiro atoms. The van der Waals surface area contributed by atoms with Gasteiger partial charge in [-0.25, -0.2) is 4.98 Å². The number of thiazole rings is 1. The minimum Gasteiger partial charge on any atom is -0.389 e. The van der Waals surface area contributed by atoms with Crippen LogP contribution in [-0.2, 0) is 5.54 Å². The third-order valence-corrected chi connectivity index (χ3v) is 4.29. The molecule has 20 heavy (non-hydrogen) atoms. The molecule has 0 saturated carbocycles. The molecule has 0 aliphatic carbocycles. The molecule has 0 saturated heterocycles. The third-order valence-electron chi connectivity index (χ3n) is 2.99. The van der Waals surface area contributed by atoms with Gasteiger partial charge in [0, 0.05) is 28.7 Å². The second-order valence-corrected chi connectivity index (χ2v) is 6.56. The SMILES string of the molecule is Cc1cc(NC(C)(C)c2nccs2)c(C(N)=S)c(C)n1. The van der Waals surface area contributed by atoms with Gasteiger partial charge in [0.15, 0.2) is 0 Å². The summed E-state index contributed by atoms with van der Waals surface area (Å²) >= 11 is 6.77. The molecule has 4 nitrogen and oxygen atoms in total. The predicted molar refractivity (Wildman–Crippen MR) is 88.4 cm³/mol. The number of nitrogens with two attached hydrogens (primary N) is 1.